The van der Waals surface area contributed by atoms with Crippen LogP contribution in [0.15, 0.2) is 40.9 Å². The first-order valence-corrected chi connectivity index (χ1v) is 6.34. The Labute approximate surface area is 115 Å². The van der Waals surface area contributed by atoms with E-state index in [1.807, 2.05) is 32.0 Å². The SMILES string of the molecule is Cc1ccc(Oc2cc(Br)ccc2C#N)c(C)c1. The maximum Gasteiger partial charge on any atom is 0.146 e. The third-order valence-corrected chi connectivity index (χ3v) is 3.11. The van der Waals surface area contributed by atoms with Crippen LogP contribution in [0.2, 0.25) is 0 Å². The van der Waals surface area contributed by atoms with Crippen molar-refractivity contribution < 1.29 is 4.74 Å². The monoisotopic (exact) mass is 301 g/mol. The number of aryl methyl sites for hydroxylation is 2. The summed E-state index contributed by atoms with van der Waals surface area (Å²) in [5.74, 6) is 1.34. The van der Waals surface area contributed by atoms with E-state index < -0.39 is 0 Å². The van der Waals surface area contributed by atoms with Crippen LogP contribution in [-0.4, -0.2) is 0 Å². The van der Waals surface area contributed by atoms with E-state index in [0.717, 1.165) is 15.8 Å². The first kappa shape index (κ1) is 12.7. The molecule has 3 heteroatoms. The van der Waals surface area contributed by atoms with Crippen molar-refractivity contribution in [1.29, 1.82) is 5.26 Å². The summed E-state index contributed by atoms with van der Waals surface area (Å²) in [6.45, 7) is 4.03. The first-order valence-electron chi connectivity index (χ1n) is 5.55. The Morgan fingerprint density at radius 1 is 1.06 bits per heavy atom. The molecule has 0 heterocycles. The fourth-order valence-corrected chi connectivity index (χ4v) is 2.05. The molecule has 0 spiro atoms. The van der Waals surface area contributed by atoms with Crippen LogP contribution in [0, 0.1) is 25.2 Å². The molecular weight excluding hydrogens is 290 g/mol. The number of hydrogen-bond acceptors (Lipinski definition) is 2. The molecule has 0 saturated carbocycles. The molecular formula is C15H12BrNO. The molecule has 0 fully saturated rings. The van der Waals surface area contributed by atoms with Crippen molar-refractivity contribution in [1.82, 2.24) is 0 Å². The lowest BCUT2D eigenvalue weighted by molar-refractivity contribution is 0.477. The largest absolute Gasteiger partial charge is 0.456 e. The molecule has 0 aliphatic heterocycles. The zero-order valence-electron chi connectivity index (χ0n) is 10.2. The number of ether oxygens (including phenoxy) is 1. The minimum atomic E-state index is 0.526. The molecule has 0 atom stereocenters. The Balaban J connectivity index is 2.40. The van der Waals surface area contributed by atoms with Gasteiger partial charge in [0.15, 0.2) is 0 Å². The number of hydrogen-bond donors (Lipinski definition) is 0. The molecule has 2 aromatic rings. The van der Waals surface area contributed by atoms with Crippen LogP contribution >= 0.6 is 15.9 Å². The maximum atomic E-state index is 9.06. The Morgan fingerprint density at radius 3 is 2.50 bits per heavy atom. The predicted molar refractivity (Wildman–Crippen MR) is 74.8 cm³/mol. The van der Waals surface area contributed by atoms with Crippen LogP contribution in [0.25, 0.3) is 0 Å². The molecule has 0 aromatic heterocycles. The fraction of sp³-hybridized carbons (Fsp3) is 0.133. The van der Waals surface area contributed by atoms with Gasteiger partial charge in [-0.2, -0.15) is 5.26 Å². The maximum absolute atomic E-state index is 9.06. The molecule has 0 unspecified atom stereocenters. The van der Waals surface area contributed by atoms with Crippen LogP contribution in [0.5, 0.6) is 11.5 Å². The van der Waals surface area contributed by atoms with Crippen molar-refractivity contribution in [3.8, 4) is 17.6 Å². The minimum Gasteiger partial charge on any atom is -0.456 e. The highest BCUT2D eigenvalue weighted by molar-refractivity contribution is 9.10. The highest BCUT2D eigenvalue weighted by Gasteiger charge is 2.07. The van der Waals surface area contributed by atoms with Gasteiger partial charge in [-0.1, -0.05) is 33.6 Å². The molecule has 2 nitrogen and oxygen atoms in total. The molecule has 90 valence electrons. The third-order valence-electron chi connectivity index (χ3n) is 2.61. The lowest BCUT2D eigenvalue weighted by Gasteiger charge is -2.10. The van der Waals surface area contributed by atoms with E-state index in [1.165, 1.54) is 5.56 Å². The van der Waals surface area contributed by atoms with E-state index in [-0.39, 0.29) is 0 Å². The van der Waals surface area contributed by atoms with Gasteiger partial charge in [0.25, 0.3) is 0 Å². The molecule has 0 bridgehead atoms. The topological polar surface area (TPSA) is 33.0 Å². The van der Waals surface area contributed by atoms with E-state index in [4.69, 9.17) is 10.00 Å². The standard InChI is InChI=1S/C15H12BrNO/c1-10-3-6-14(11(2)7-10)18-15-8-13(16)5-4-12(15)9-17/h3-8H,1-2H3. The number of benzene rings is 2. The van der Waals surface area contributed by atoms with Crippen LogP contribution in [-0.2, 0) is 0 Å². The molecule has 2 aromatic carbocycles. The predicted octanol–water partition coefficient (Wildman–Crippen LogP) is 4.73. The van der Waals surface area contributed by atoms with Gasteiger partial charge in [0.2, 0.25) is 0 Å². The van der Waals surface area contributed by atoms with Crippen molar-refractivity contribution in [2.45, 2.75) is 13.8 Å². The van der Waals surface area contributed by atoms with Gasteiger partial charge < -0.3 is 4.74 Å². The number of nitrogens with zero attached hydrogens (tertiary/aromatic N) is 1. The lowest BCUT2D eigenvalue weighted by Crippen LogP contribution is -1.91. The van der Waals surface area contributed by atoms with E-state index in [1.54, 1.807) is 12.1 Å². The van der Waals surface area contributed by atoms with Crippen LogP contribution in [0.4, 0.5) is 0 Å². The zero-order valence-corrected chi connectivity index (χ0v) is 11.8. The Morgan fingerprint density at radius 2 is 1.83 bits per heavy atom. The van der Waals surface area contributed by atoms with Crippen molar-refractivity contribution in [3.05, 3.63) is 57.6 Å². The highest BCUT2D eigenvalue weighted by atomic mass is 79.9. The Bertz CT molecular complexity index is 629. The molecule has 0 aliphatic rings. The van der Waals surface area contributed by atoms with Crippen molar-refractivity contribution in [3.63, 3.8) is 0 Å². The van der Waals surface area contributed by atoms with E-state index >= 15 is 0 Å². The van der Waals surface area contributed by atoms with Gasteiger partial charge in [0.05, 0.1) is 5.56 Å². The Hall–Kier alpha value is -1.79. The summed E-state index contributed by atoms with van der Waals surface area (Å²) >= 11 is 3.38. The molecule has 0 amide bonds. The molecule has 0 aliphatic carbocycles. The van der Waals surface area contributed by atoms with Crippen molar-refractivity contribution in [2.24, 2.45) is 0 Å². The van der Waals surface area contributed by atoms with Crippen LogP contribution < -0.4 is 4.74 Å². The second-order valence-electron chi connectivity index (χ2n) is 4.12. The number of halogens is 1. The smallest absolute Gasteiger partial charge is 0.146 e. The van der Waals surface area contributed by atoms with Gasteiger partial charge in [-0.05, 0) is 43.7 Å². The summed E-state index contributed by atoms with van der Waals surface area (Å²) in [7, 11) is 0. The van der Waals surface area contributed by atoms with Crippen molar-refractivity contribution in [2.75, 3.05) is 0 Å². The third kappa shape index (κ3) is 2.72. The second kappa shape index (κ2) is 5.24. The van der Waals surface area contributed by atoms with E-state index in [2.05, 4.69) is 28.1 Å². The second-order valence-corrected chi connectivity index (χ2v) is 5.04. The van der Waals surface area contributed by atoms with E-state index in [0.29, 0.717) is 11.3 Å². The van der Waals surface area contributed by atoms with Gasteiger partial charge in [-0.15, -0.1) is 0 Å². The molecule has 2 rings (SSSR count). The quantitative estimate of drug-likeness (QED) is 0.803. The number of nitriles is 1. The summed E-state index contributed by atoms with van der Waals surface area (Å²) in [6, 6.07) is 13.5. The summed E-state index contributed by atoms with van der Waals surface area (Å²) < 4.78 is 6.70. The number of rotatable bonds is 2. The first-order chi connectivity index (χ1) is 8.60. The average molecular weight is 302 g/mol. The minimum absolute atomic E-state index is 0.526. The fourth-order valence-electron chi connectivity index (χ4n) is 1.71. The van der Waals surface area contributed by atoms with Gasteiger partial charge in [0.1, 0.15) is 17.6 Å². The van der Waals surface area contributed by atoms with Crippen molar-refractivity contribution >= 4 is 15.9 Å². The highest BCUT2D eigenvalue weighted by Crippen LogP contribution is 2.30. The average Bonchev–Trinajstić information content (AvgIpc) is 2.33. The summed E-state index contributed by atoms with van der Waals surface area (Å²) in [6.07, 6.45) is 0. The van der Waals surface area contributed by atoms with Gasteiger partial charge in [-0.25, -0.2) is 0 Å². The molecule has 0 radical (unpaired) electrons. The summed E-state index contributed by atoms with van der Waals surface area (Å²) in [5, 5.41) is 9.06. The molecule has 18 heavy (non-hydrogen) atoms. The normalized spacial score (nSPS) is 9.89. The molecule has 0 saturated heterocycles. The van der Waals surface area contributed by atoms with Gasteiger partial charge in [0, 0.05) is 4.47 Å². The summed E-state index contributed by atoms with van der Waals surface area (Å²) in [4.78, 5) is 0. The lowest BCUT2D eigenvalue weighted by atomic mass is 10.1. The van der Waals surface area contributed by atoms with Gasteiger partial charge in [-0.3, -0.25) is 0 Å². The van der Waals surface area contributed by atoms with Crippen LogP contribution in [0.1, 0.15) is 16.7 Å². The zero-order chi connectivity index (χ0) is 13.1. The molecule has 0 N–H and O–H groups in total. The van der Waals surface area contributed by atoms with Crippen LogP contribution in [0.3, 0.4) is 0 Å². The summed E-state index contributed by atoms with van der Waals surface area (Å²) in [5.41, 5.74) is 2.77. The van der Waals surface area contributed by atoms with Gasteiger partial charge >= 0.3 is 0 Å². The Kier molecular flexibility index (Phi) is 3.69. The van der Waals surface area contributed by atoms with E-state index in [9.17, 15) is 0 Å².